The predicted molar refractivity (Wildman–Crippen MR) is 139 cm³/mol. The van der Waals surface area contributed by atoms with Crippen LogP contribution >= 0.6 is 0 Å². The number of nitrogens with one attached hydrogen (secondary N) is 1. The Labute approximate surface area is 211 Å². The molecule has 0 bridgehead atoms. The van der Waals surface area contributed by atoms with Crippen LogP contribution in [0.4, 0.5) is 5.82 Å². The third-order valence-corrected chi connectivity index (χ3v) is 15.6. The molecule has 12 heteroatoms. The van der Waals surface area contributed by atoms with Crippen molar-refractivity contribution in [3.8, 4) is 0 Å². The minimum atomic E-state index is -3.02. The monoisotopic (exact) mass is 529 g/mol. The molecule has 1 aromatic heterocycles. The number of anilines is 1. The first-order valence-corrected chi connectivity index (χ1v) is 16.1. The molecule has 1 aliphatic rings. The van der Waals surface area contributed by atoms with Crippen LogP contribution in [-0.4, -0.2) is 68.7 Å². The molecular weight excluding hydrogens is 486 g/mol. The van der Waals surface area contributed by atoms with Gasteiger partial charge in [-0.3, -0.25) is 9.36 Å². The lowest BCUT2D eigenvalue weighted by Crippen LogP contribution is -2.61. The molecule has 0 saturated carbocycles. The zero-order valence-electron chi connectivity index (χ0n) is 22.4. The first-order chi connectivity index (χ1) is 16.2. The van der Waals surface area contributed by atoms with Gasteiger partial charge in [-0.25, -0.2) is 4.79 Å². The maximum Gasteiger partial charge on any atom is 0.352 e. The van der Waals surface area contributed by atoms with Crippen molar-refractivity contribution in [2.75, 3.05) is 18.5 Å². The Bertz CT molecular complexity index is 909. The smallest absolute Gasteiger partial charge is 0.352 e. The van der Waals surface area contributed by atoms with Gasteiger partial charge in [-0.2, -0.15) is 4.98 Å². The van der Waals surface area contributed by atoms with E-state index in [4.69, 9.17) is 13.3 Å². The van der Waals surface area contributed by atoms with Crippen LogP contribution in [0, 0.1) is 0 Å². The Morgan fingerprint density at radius 2 is 1.83 bits per heavy atom. The number of carbonyl (C=O) groups excluding carboxylic acids is 1. The number of hydrogen-bond donors (Lipinski definition) is 3. The summed E-state index contributed by atoms with van der Waals surface area (Å²) in [5, 5.41) is 24.3. The number of amides is 1. The average molecular weight is 530 g/mol. The number of aromatic nitrogens is 2. The summed E-state index contributed by atoms with van der Waals surface area (Å²) in [5.74, 6) is -0.286. The van der Waals surface area contributed by atoms with Crippen molar-refractivity contribution in [2.45, 2.75) is 102 Å². The number of rotatable bonds is 11. The molecule has 0 aliphatic carbocycles. The largest absolute Gasteiger partial charge is 0.437 e. The van der Waals surface area contributed by atoms with Gasteiger partial charge in [0.2, 0.25) is 5.91 Å². The van der Waals surface area contributed by atoms with E-state index in [0.29, 0.717) is 11.1 Å². The third kappa shape index (κ3) is 6.29. The molecule has 1 fully saturated rings. The van der Waals surface area contributed by atoms with Gasteiger partial charge in [-0.15, -0.1) is 0 Å². The van der Waals surface area contributed by atoms with Crippen LogP contribution in [0.3, 0.4) is 0 Å². The van der Waals surface area contributed by atoms with E-state index in [1.807, 2.05) is 0 Å². The summed E-state index contributed by atoms with van der Waals surface area (Å²) in [6.07, 6.45) is -0.550. The van der Waals surface area contributed by atoms with Gasteiger partial charge in [0.1, 0.15) is 18.0 Å². The van der Waals surface area contributed by atoms with Crippen molar-refractivity contribution in [1.82, 2.24) is 9.55 Å². The van der Waals surface area contributed by atoms with Crippen LogP contribution in [-0.2, 0) is 23.8 Å². The van der Waals surface area contributed by atoms with E-state index >= 15 is 0 Å². The summed E-state index contributed by atoms with van der Waals surface area (Å²) in [7, 11) is -4.74. The van der Waals surface area contributed by atoms with Crippen LogP contribution in [0.15, 0.2) is 17.1 Å². The lowest BCUT2D eigenvalue weighted by atomic mass is 10.1. The van der Waals surface area contributed by atoms with Crippen molar-refractivity contribution in [3.63, 3.8) is 0 Å². The first kappa shape index (κ1) is 29.8. The van der Waals surface area contributed by atoms with Crippen LogP contribution in [0.1, 0.15) is 62.3 Å². The van der Waals surface area contributed by atoms with E-state index in [1.54, 1.807) is 0 Å². The predicted octanol–water partition coefficient (Wildman–Crippen LogP) is 2.45. The minimum absolute atomic E-state index is 0.0381. The molecule has 3 N–H and O–H groups in total. The minimum Gasteiger partial charge on any atom is -0.437 e. The van der Waals surface area contributed by atoms with Gasteiger partial charge >= 0.3 is 14.3 Å². The van der Waals surface area contributed by atoms with Crippen LogP contribution < -0.4 is 11.0 Å². The molecule has 1 saturated heterocycles. The van der Waals surface area contributed by atoms with Gasteiger partial charge in [0, 0.05) is 13.1 Å². The molecule has 1 aromatic rings. The topological polar surface area (TPSA) is 132 Å². The zero-order chi connectivity index (χ0) is 26.7. The molecule has 200 valence electrons. The number of nitrogens with zero attached hydrogens (tertiary/aromatic N) is 2. The van der Waals surface area contributed by atoms with E-state index < -0.39 is 47.8 Å². The molecule has 2 rings (SSSR count). The lowest BCUT2D eigenvalue weighted by Gasteiger charge is -2.46. The van der Waals surface area contributed by atoms with Crippen LogP contribution in [0.2, 0.25) is 22.2 Å². The molecule has 10 nitrogen and oxygen atoms in total. The molecule has 1 amide bonds. The summed E-state index contributed by atoms with van der Waals surface area (Å²) in [6.45, 7) is 17.6. The maximum atomic E-state index is 12.9. The highest BCUT2D eigenvalue weighted by Crippen LogP contribution is 2.43. The molecule has 1 aliphatic heterocycles. The van der Waals surface area contributed by atoms with E-state index in [1.165, 1.54) is 19.2 Å². The Kier molecular flexibility index (Phi) is 10.0. The summed E-state index contributed by atoms with van der Waals surface area (Å²) in [4.78, 5) is 28.1. The van der Waals surface area contributed by atoms with Crippen LogP contribution in [0.5, 0.6) is 0 Å². The van der Waals surface area contributed by atoms with E-state index in [-0.39, 0.29) is 29.4 Å². The standard InChI is InChI=1S/C23H43N3O7Si2/c1-14(2)34(15(3)4)33-35(16(5)6,17(7)8)32-21-19(12-27)31-13-23(21,30)26-11-10-20(24-18(9)28)25-22(26)29/h10-11,14-17,19,21,27,30,34H,12-13H2,1-9H3,(H,24,25,28,29). The Morgan fingerprint density at radius 3 is 2.26 bits per heavy atom. The normalized spacial score (nSPS) is 23.3. The fraction of sp³-hybridized carbons (Fsp3) is 0.783. The highest BCUT2D eigenvalue weighted by Gasteiger charge is 2.58. The van der Waals surface area contributed by atoms with Crippen molar-refractivity contribution in [3.05, 3.63) is 22.7 Å². The van der Waals surface area contributed by atoms with Crippen LogP contribution in [0.25, 0.3) is 0 Å². The lowest BCUT2D eigenvalue weighted by molar-refractivity contribution is -0.114. The van der Waals surface area contributed by atoms with Gasteiger partial charge in [0.15, 0.2) is 14.8 Å². The Hall–Kier alpha value is -1.42. The van der Waals surface area contributed by atoms with Gasteiger partial charge in [-0.05, 0) is 28.2 Å². The zero-order valence-corrected chi connectivity index (χ0v) is 24.6. The maximum absolute atomic E-state index is 12.9. The fourth-order valence-corrected chi connectivity index (χ4v) is 15.3. The van der Waals surface area contributed by atoms with Crippen molar-refractivity contribution in [2.24, 2.45) is 0 Å². The second-order valence-corrected chi connectivity index (χ2v) is 19.2. The van der Waals surface area contributed by atoms with Gasteiger partial charge < -0.3 is 28.8 Å². The molecule has 35 heavy (non-hydrogen) atoms. The quantitative estimate of drug-likeness (QED) is 0.373. The molecule has 3 unspecified atom stereocenters. The van der Waals surface area contributed by atoms with E-state index in [0.717, 1.165) is 4.57 Å². The van der Waals surface area contributed by atoms with Gasteiger partial charge in [0.25, 0.3) is 0 Å². The summed E-state index contributed by atoms with van der Waals surface area (Å²) in [5.41, 5.74) is -1.85. The molecule has 3 atom stereocenters. The Balaban J connectivity index is 2.57. The number of ether oxygens (including phenoxy) is 1. The molecule has 0 radical (unpaired) electrons. The van der Waals surface area contributed by atoms with Crippen molar-refractivity contribution < 1.29 is 28.3 Å². The second-order valence-electron chi connectivity index (χ2n) is 10.7. The summed E-state index contributed by atoms with van der Waals surface area (Å²) in [6, 6.07) is 1.43. The number of hydrogen-bond acceptors (Lipinski definition) is 8. The second kappa shape index (κ2) is 11.8. The van der Waals surface area contributed by atoms with E-state index in [9.17, 15) is 19.8 Å². The van der Waals surface area contributed by atoms with Crippen molar-refractivity contribution in [1.29, 1.82) is 0 Å². The Morgan fingerprint density at radius 1 is 1.26 bits per heavy atom. The molecule has 0 spiro atoms. The third-order valence-electron chi connectivity index (χ3n) is 6.56. The molecule has 0 aromatic carbocycles. The SMILES string of the molecule is CC(=O)Nc1ccn(C2(O)COC(CO)C2O[Si](O[SiH](C(C)C)C(C)C)(C(C)C)C(C)C)c(=O)n1. The molecule has 2 heterocycles. The highest BCUT2D eigenvalue weighted by atomic mass is 28.4. The number of aliphatic hydroxyl groups is 2. The number of carbonyl (C=O) groups is 1. The molecular formula is C23H43N3O7Si2. The first-order valence-electron chi connectivity index (χ1n) is 12.4. The summed E-state index contributed by atoms with van der Waals surface area (Å²) < 4.78 is 20.6. The van der Waals surface area contributed by atoms with E-state index in [2.05, 4.69) is 65.7 Å². The highest BCUT2D eigenvalue weighted by molar-refractivity contribution is 6.78. The number of aliphatic hydroxyl groups excluding tert-OH is 1. The summed E-state index contributed by atoms with van der Waals surface area (Å²) >= 11 is 0. The fourth-order valence-electron chi connectivity index (χ4n) is 4.86. The van der Waals surface area contributed by atoms with Crippen molar-refractivity contribution >= 4 is 29.3 Å². The van der Waals surface area contributed by atoms with Gasteiger partial charge in [-0.1, -0.05) is 55.4 Å². The van der Waals surface area contributed by atoms with Gasteiger partial charge in [0.05, 0.1) is 13.2 Å². The average Bonchev–Trinajstić information content (AvgIpc) is 3.05.